The molecule has 1 aromatic heterocycles. The molecule has 0 fully saturated rings. The number of hydrogen-bond acceptors (Lipinski definition) is 5. The zero-order chi connectivity index (χ0) is 20.7. The molecule has 1 heterocycles. The highest BCUT2D eigenvalue weighted by molar-refractivity contribution is 5.86. The van der Waals surface area contributed by atoms with Crippen LogP contribution in [0.2, 0.25) is 0 Å². The van der Waals surface area contributed by atoms with Crippen molar-refractivity contribution in [3.8, 4) is 0 Å². The minimum Gasteiger partial charge on any atom is -0.464 e. The van der Waals surface area contributed by atoms with Crippen LogP contribution in [0.25, 0.3) is 10.9 Å². The predicted octanol–water partition coefficient (Wildman–Crippen LogP) is 3.87. The summed E-state index contributed by atoms with van der Waals surface area (Å²) in [5.41, 5.74) is 1.19. The fourth-order valence-electron chi connectivity index (χ4n) is 2.86. The summed E-state index contributed by atoms with van der Waals surface area (Å²) in [5, 5.41) is 0.998. The first-order valence-corrected chi connectivity index (χ1v) is 9.47. The molecule has 1 N–H and O–H groups in total. The van der Waals surface area contributed by atoms with E-state index in [1.165, 1.54) is 12.0 Å². The molecular formula is C21H30N2O5. The van der Waals surface area contributed by atoms with Gasteiger partial charge in [-0.3, -0.25) is 4.90 Å². The molecule has 0 unspecified atom stereocenters. The number of carbonyl (C=O) groups is 2. The second kappa shape index (κ2) is 9.59. The molecule has 0 aliphatic carbocycles. The molecular weight excluding hydrogens is 360 g/mol. The summed E-state index contributed by atoms with van der Waals surface area (Å²) in [5.74, 6) is -0.477. The molecule has 0 aliphatic rings. The van der Waals surface area contributed by atoms with E-state index in [1.54, 1.807) is 20.8 Å². The molecule has 1 aromatic carbocycles. The Kier molecular flexibility index (Phi) is 7.45. The molecule has 0 aliphatic heterocycles. The van der Waals surface area contributed by atoms with Crippen LogP contribution in [-0.2, 0) is 25.4 Å². The Morgan fingerprint density at radius 1 is 1.21 bits per heavy atom. The monoisotopic (exact) mass is 390 g/mol. The fourth-order valence-corrected chi connectivity index (χ4v) is 2.86. The summed E-state index contributed by atoms with van der Waals surface area (Å²) in [6.45, 7) is 7.46. The SMILES string of the molecule is CCCOC(=O)[C@H](Cc1c[nH]c2ccccc12)N(COC)C(=O)OC(C)(C)C. The quantitative estimate of drug-likeness (QED) is 0.547. The van der Waals surface area contributed by atoms with Gasteiger partial charge in [0.25, 0.3) is 0 Å². The van der Waals surface area contributed by atoms with Crippen molar-refractivity contribution in [3.05, 3.63) is 36.0 Å². The third kappa shape index (κ3) is 5.73. The van der Waals surface area contributed by atoms with Gasteiger partial charge in [-0.15, -0.1) is 0 Å². The molecule has 0 radical (unpaired) electrons. The molecule has 28 heavy (non-hydrogen) atoms. The average molecular weight is 390 g/mol. The van der Waals surface area contributed by atoms with Gasteiger partial charge in [-0.1, -0.05) is 25.1 Å². The second-order valence-electron chi connectivity index (χ2n) is 7.61. The van der Waals surface area contributed by atoms with Crippen LogP contribution in [0.1, 0.15) is 39.7 Å². The van der Waals surface area contributed by atoms with Gasteiger partial charge in [0.2, 0.25) is 0 Å². The highest BCUT2D eigenvalue weighted by Crippen LogP contribution is 2.22. The van der Waals surface area contributed by atoms with Crippen molar-refractivity contribution in [2.75, 3.05) is 20.4 Å². The Balaban J connectivity index is 2.35. The van der Waals surface area contributed by atoms with Crippen molar-refractivity contribution in [2.45, 2.75) is 52.2 Å². The number of esters is 1. The normalized spacial score (nSPS) is 12.6. The smallest absolute Gasteiger partial charge is 0.412 e. The number of aromatic nitrogens is 1. The Bertz CT molecular complexity index is 793. The first-order chi connectivity index (χ1) is 13.3. The molecule has 2 aromatic rings. The van der Waals surface area contributed by atoms with Gasteiger partial charge >= 0.3 is 12.1 Å². The summed E-state index contributed by atoms with van der Waals surface area (Å²) >= 11 is 0. The number of benzene rings is 1. The summed E-state index contributed by atoms with van der Waals surface area (Å²) < 4.78 is 16.0. The van der Waals surface area contributed by atoms with Crippen LogP contribution < -0.4 is 0 Å². The van der Waals surface area contributed by atoms with E-state index in [-0.39, 0.29) is 13.2 Å². The van der Waals surface area contributed by atoms with Crippen molar-refractivity contribution < 1.29 is 23.8 Å². The Labute approximate surface area is 165 Å². The number of aromatic amines is 1. The molecule has 0 spiro atoms. The van der Waals surface area contributed by atoms with Crippen molar-refractivity contribution in [1.82, 2.24) is 9.88 Å². The number of ether oxygens (including phenoxy) is 3. The molecule has 0 saturated heterocycles. The van der Waals surface area contributed by atoms with Crippen LogP contribution in [0.4, 0.5) is 4.79 Å². The lowest BCUT2D eigenvalue weighted by atomic mass is 10.0. The predicted molar refractivity (Wildman–Crippen MR) is 107 cm³/mol. The van der Waals surface area contributed by atoms with E-state index in [1.807, 2.05) is 37.4 Å². The van der Waals surface area contributed by atoms with E-state index in [9.17, 15) is 9.59 Å². The standard InChI is InChI=1S/C21H30N2O5/c1-6-11-27-19(24)18(23(14-26-5)20(25)28-21(2,3)4)12-15-13-22-17-10-8-7-9-16(15)17/h7-10,13,18,22H,6,11-12,14H2,1-5H3/t18-/m0/s1. The number of fused-ring (bicyclic) bond motifs is 1. The largest absolute Gasteiger partial charge is 0.464 e. The van der Waals surface area contributed by atoms with E-state index in [0.717, 1.165) is 16.5 Å². The Morgan fingerprint density at radius 2 is 1.93 bits per heavy atom. The third-order valence-corrected chi connectivity index (χ3v) is 4.08. The lowest BCUT2D eigenvalue weighted by Gasteiger charge is -2.31. The van der Waals surface area contributed by atoms with Crippen LogP contribution in [-0.4, -0.2) is 54.0 Å². The number of H-pyrrole nitrogens is 1. The van der Waals surface area contributed by atoms with Gasteiger partial charge in [0, 0.05) is 30.6 Å². The van der Waals surface area contributed by atoms with E-state index in [2.05, 4.69) is 4.98 Å². The molecule has 0 bridgehead atoms. The van der Waals surface area contributed by atoms with E-state index < -0.39 is 23.7 Å². The maximum Gasteiger partial charge on any atom is 0.412 e. The maximum atomic E-state index is 12.8. The van der Waals surface area contributed by atoms with Gasteiger partial charge in [0.1, 0.15) is 18.4 Å². The van der Waals surface area contributed by atoms with Crippen molar-refractivity contribution in [2.24, 2.45) is 0 Å². The molecule has 2 rings (SSSR count). The number of amides is 1. The number of rotatable bonds is 8. The van der Waals surface area contributed by atoms with Crippen LogP contribution in [0.3, 0.4) is 0 Å². The number of methoxy groups -OCH3 is 1. The number of para-hydroxylation sites is 1. The van der Waals surface area contributed by atoms with E-state index in [0.29, 0.717) is 13.0 Å². The topological polar surface area (TPSA) is 80.9 Å². The van der Waals surface area contributed by atoms with Crippen molar-refractivity contribution >= 4 is 23.0 Å². The minimum absolute atomic E-state index is 0.0802. The summed E-state index contributed by atoms with van der Waals surface area (Å²) in [6.07, 6.45) is 2.22. The lowest BCUT2D eigenvalue weighted by Crippen LogP contribution is -2.49. The zero-order valence-corrected chi connectivity index (χ0v) is 17.3. The number of hydrogen-bond donors (Lipinski definition) is 1. The van der Waals surface area contributed by atoms with E-state index in [4.69, 9.17) is 14.2 Å². The van der Waals surface area contributed by atoms with Crippen LogP contribution in [0, 0.1) is 0 Å². The van der Waals surface area contributed by atoms with Crippen molar-refractivity contribution in [3.63, 3.8) is 0 Å². The van der Waals surface area contributed by atoms with E-state index >= 15 is 0 Å². The van der Waals surface area contributed by atoms with Gasteiger partial charge in [0.15, 0.2) is 0 Å². The van der Waals surface area contributed by atoms with Gasteiger partial charge in [-0.25, -0.2) is 9.59 Å². The zero-order valence-electron chi connectivity index (χ0n) is 17.3. The minimum atomic E-state index is -0.861. The molecule has 1 amide bonds. The summed E-state index contributed by atoms with van der Waals surface area (Å²) in [7, 11) is 1.47. The lowest BCUT2D eigenvalue weighted by molar-refractivity contribution is -0.151. The van der Waals surface area contributed by atoms with Gasteiger partial charge in [-0.2, -0.15) is 0 Å². The second-order valence-corrected chi connectivity index (χ2v) is 7.61. The first kappa shape index (κ1) is 21.8. The molecule has 0 saturated carbocycles. The number of nitrogens with zero attached hydrogens (tertiary/aromatic N) is 1. The van der Waals surface area contributed by atoms with Gasteiger partial charge < -0.3 is 19.2 Å². The highest BCUT2D eigenvalue weighted by Gasteiger charge is 2.34. The highest BCUT2D eigenvalue weighted by atomic mass is 16.6. The molecule has 1 atom stereocenters. The van der Waals surface area contributed by atoms with Crippen molar-refractivity contribution in [1.29, 1.82) is 0 Å². The van der Waals surface area contributed by atoms with Crippen LogP contribution in [0.15, 0.2) is 30.5 Å². The fraction of sp³-hybridized carbons (Fsp3) is 0.524. The van der Waals surface area contributed by atoms with Gasteiger partial charge in [-0.05, 0) is 38.8 Å². The Hall–Kier alpha value is -2.54. The number of nitrogens with one attached hydrogen (secondary N) is 1. The van der Waals surface area contributed by atoms with Gasteiger partial charge in [0.05, 0.1) is 6.61 Å². The molecule has 154 valence electrons. The summed E-state index contributed by atoms with van der Waals surface area (Å²) in [6, 6.07) is 6.95. The average Bonchev–Trinajstić information content (AvgIpc) is 3.04. The number of carbonyl (C=O) groups excluding carboxylic acids is 2. The molecule has 7 nitrogen and oxygen atoms in total. The maximum absolute atomic E-state index is 12.8. The third-order valence-electron chi connectivity index (χ3n) is 4.08. The van der Waals surface area contributed by atoms with Crippen LogP contribution >= 0.6 is 0 Å². The molecule has 7 heteroatoms. The van der Waals surface area contributed by atoms with Crippen LogP contribution in [0.5, 0.6) is 0 Å². The first-order valence-electron chi connectivity index (χ1n) is 9.47. The Morgan fingerprint density at radius 3 is 2.57 bits per heavy atom. The summed E-state index contributed by atoms with van der Waals surface area (Å²) in [4.78, 5) is 30.1.